The SMILES string of the molecule is CCOC(=O)c1ccc(-c2ccc(-c3nc4nc(OC5CO[C@@H]6CCO[C@H]56)[nH]c4cc3Cl)cc2)cc1. The van der Waals surface area contributed by atoms with Crippen molar-refractivity contribution in [2.45, 2.75) is 31.7 Å². The number of carbonyl (C=O) groups excluding carboxylic acids is 1. The van der Waals surface area contributed by atoms with E-state index in [-0.39, 0.29) is 24.3 Å². The van der Waals surface area contributed by atoms with Crippen LogP contribution >= 0.6 is 11.6 Å². The van der Waals surface area contributed by atoms with Crippen LogP contribution in [0.3, 0.4) is 0 Å². The molecule has 2 aromatic heterocycles. The van der Waals surface area contributed by atoms with Crippen LogP contribution in [0.15, 0.2) is 54.6 Å². The maximum atomic E-state index is 11.9. The molecule has 3 atom stereocenters. The summed E-state index contributed by atoms with van der Waals surface area (Å²) in [6, 6.07) is 17.4. The van der Waals surface area contributed by atoms with Crippen molar-refractivity contribution in [3.05, 3.63) is 65.2 Å². The number of carbonyl (C=O) groups is 1. The standard InChI is InChI=1S/C27H24ClN3O5/c1-2-33-26(32)18-9-5-16(6-10-18)15-3-7-17(8-4-15)23-19(28)13-20-25(30-23)31-27(29-20)36-22-14-35-21-11-12-34-24(21)22/h3-10,13,21-22,24H,2,11-12,14H2,1H3,(H,29,30,31)/t21-,22?,24+/m1/s1. The lowest BCUT2D eigenvalue weighted by molar-refractivity contribution is 0.0273. The number of nitrogens with zero attached hydrogens (tertiary/aromatic N) is 2. The molecule has 4 aromatic rings. The summed E-state index contributed by atoms with van der Waals surface area (Å²) in [6.45, 7) is 3.30. The van der Waals surface area contributed by atoms with E-state index in [9.17, 15) is 4.79 Å². The lowest BCUT2D eigenvalue weighted by Gasteiger charge is -2.15. The number of fused-ring (bicyclic) bond motifs is 2. The minimum absolute atomic E-state index is 0.0646. The van der Waals surface area contributed by atoms with Crippen LogP contribution in [0.1, 0.15) is 23.7 Å². The monoisotopic (exact) mass is 505 g/mol. The van der Waals surface area contributed by atoms with Gasteiger partial charge in [0.2, 0.25) is 0 Å². The van der Waals surface area contributed by atoms with E-state index in [2.05, 4.69) is 15.0 Å². The molecular formula is C27H24ClN3O5. The van der Waals surface area contributed by atoms with Crippen LogP contribution in [0.25, 0.3) is 33.5 Å². The Labute approximate surface area is 212 Å². The third-order valence-corrected chi connectivity index (χ3v) is 6.76. The van der Waals surface area contributed by atoms with Gasteiger partial charge in [-0.25, -0.2) is 9.78 Å². The van der Waals surface area contributed by atoms with E-state index in [1.54, 1.807) is 25.1 Å². The zero-order chi connectivity index (χ0) is 24.6. The molecular weight excluding hydrogens is 482 g/mol. The molecule has 4 heterocycles. The van der Waals surface area contributed by atoms with Gasteiger partial charge < -0.3 is 23.9 Å². The highest BCUT2D eigenvalue weighted by molar-refractivity contribution is 6.33. The van der Waals surface area contributed by atoms with Crippen LogP contribution in [0.2, 0.25) is 5.02 Å². The smallest absolute Gasteiger partial charge is 0.338 e. The average Bonchev–Trinajstić information content (AvgIpc) is 3.61. The number of ether oxygens (including phenoxy) is 4. The second kappa shape index (κ2) is 9.54. The highest BCUT2D eigenvalue weighted by Gasteiger charge is 2.43. The largest absolute Gasteiger partial charge is 0.462 e. The first-order chi connectivity index (χ1) is 17.6. The molecule has 9 heteroatoms. The van der Waals surface area contributed by atoms with E-state index in [1.807, 2.05) is 36.4 Å². The first kappa shape index (κ1) is 23.0. The topological polar surface area (TPSA) is 95.6 Å². The van der Waals surface area contributed by atoms with Crippen molar-refractivity contribution in [2.24, 2.45) is 0 Å². The van der Waals surface area contributed by atoms with Crippen molar-refractivity contribution in [3.8, 4) is 28.4 Å². The highest BCUT2D eigenvalue weighted by Crippen LogP contribution is 2.33. The molecule has 8 nitrogen and oxygen atoms in total. The molecule has 2 aliphatic rings. The molecule has 0 saturated carbocycles. The molecule has 0 radical (unpaired) electrons. The second-order valence-electron chi connectivity index (χ2n) is 8.76. The van der Waals surface area contributed by atoms with Crippen molar-refractivity contribution in [1.82, 2.24) is 15.0 Å². The maximum absolute atomic E-state index is 11.9. The molecule has 184 valence electrons. The molecule has 2 aromatic carbocycles. The second-order valence-corrected chi connectivity index (χ2v) is 9.17. The number of halogens is 1. The van der Waals surface area contributed by atoms with Crippen LogP contribution in [0.5, 0.6) is 6.01 Å². The zero-order valence-corrected chi connectivity index (χ0v) is 20.3. The van der Waals surface area contributed by atoms with E-state index in [0.717, 1.165) is 23.1 Å². The quantitative estimate of drug-likeness (QED) is 0.366. The summed E-state index contributed by atoms with van der Waals surface area (Å²) in [7, 11) is 0. The van der Waals surface area contributed by atoms with Gasteiger partial charge in [0.05, 0.1) is 41.1 Å². The minimum Gasteiger partial charge on any atom is -0.462 e. The van der Waals surface area contributed by atoms with Crippen molar-refractivity contribution < 1.29 is 23.7 Å². The molecule has 2 fully saturated rings. The third kappa shape index (κ3) is 4.32. The summed E-state index contributed by atoms with van der Waals surface area (Å²) in [4.78, 5) is 24.2. The fraction of sp³-hybridized carbons (Fsp3) is 0.296. The van der Waals surface area contributed by atoms with Crippen LogP contribution < -0.4 is 4.74 Å². The van der Waals surface area contributed by atoms with Crippen molar-refractivity contribution in [1.29, 1.82) is 0 Å². The molecule has 6 rings (SSSR count). The molecule has 2 saturated heterocycles. The number of aromatic amines is 1. The van der Waals surface area contributed by atoms with Gasteiger partial charge in [-0.15, -0.1) is 0 Å². The van der Waals surface area contributed by atoms with Crippen molar-refractivity contribution in [2.75, 3.05) is 19.8 Å². The first-order valence-corrected chi connectivity index (χ1v) is 12.3. The normalized spacial score (nSPS) is 21.0. The lowest BCUT2D eigenvalue weighted by Crippen LogP contribution is -2.32. The fourth-order valence-electron chi connectivity index (χ4n) is 4.66. The number of rotatable bonds is 6. The van der Waals surface area contributed by atoms with E-state index in [1.165, 1.54) is 0 Å². The van der Waals surface area contributed by atoms with Gasteiger partial charge in [0.1, 0.15) is 6.10 Å². The van der Waals surface area contributed by atoms with Crippen LogP contribution in [0.4, 0.5) is 0 Å². The Balaban J connectivity index is 1.21. The molecule has 1 N–H and O–H groups in total. The highest BCUT2D eigenvalue weighted by atomic mass is 35.5. The molecule has 0 spiro atoms. The molecule has 36 heavy (non-hydrogen) atoms. The summed E-state index contributed by atoms with van der Waals surface area (Å²) in [5.74, 6) is -0.324. The van der Waals surface area contributed by atoms with Gasteiger partial charge in [0.15, 0.2) is 11.8 Å². The molecule has 0 aliphatic carbocycles. The van der Waals surface area contributed by atoms with E-state index >= 15 is 0 Å². The number of nitrogens with one attached hydrogen (secondary N) is 1. The number of H-pyrrole nitrogens is 1. The first-order valence-electron chi connectivity index (χ1n) is 11.9. The number of imidazole rings is 1. The Morgan fingerprint density at radius 1 is 1.06 bits per heavy atom. The van der Waals surface area contributed by atoms with Gasteiger partial charge in [0.25, 0.3) is 6.01 Å². The summed E-state index contributed by atoms with van der Waals surface area (Å²) in [6.07, 6.45) is 0.720. The lowest BCUT2D eigenvalue weighted by atomic mass is 10.0. The Bertz CT molecular complexity index is 1400. The Morgan fingerprint density at radius 3 is 2.53 bits per heavy atom. The van der Waals surface area contributed by atoms with E-state index in [0.29, 0.717) is 53.3 Å². The summed E-state index contributed by atoms with van der Waals surface area (Å²) in [5, 5.41) is 0.507. The summed E-state index contributed by atoms with van der Waals surface area (Å²) < 4.78 is 22.6. The number of esters is 1. The van der Waals surface area contributed by atoms with Gasteiger partial charge in [0, 0.05) is 12.2 Å². The molecule has 0 bridgehead atoms. The number of hydrogen-bond acceptors (Lipinski definition) is 7. The van der Waals surface area contributed by atoms with Crippen molar-refractivity contribution in [3.63, 3.8) is 0 Å². The summed E-state index contributed by atoms with van der Waals surface area (Å²) in [5.41, 5.74) is 5.24. The van der Waals surface area contributed by atoms with Gasteiger partial charge in [-0.05, 0) is 42.7 Å². The van der Waals surface area contributed by atoms with E-state index in [4.69, 9.17) is 30.5 Å². The van der Waals surface area contributed by atoms with Crippen LogP contribution in [-0.4, -0.2) is 59.1 Å². The molecule has 1 unspecified atom stereocenters. The Kier molecular flexibility index (Phi) is 6.08. The predicted octanol–water partition coefficient (Wildman–Crippen LogP) is 5.06. The third-order valence-electron chi connectivity index (χ3n) is 6.48. The van der Waals surface area contributed by atoms with Gasteiger partial charge in [-0.3, -0.25) is 0 Å². The van der Waals surface area contributed by atoms with Gasteiger partial charge >= 0.3 is 5.97 Å². The summed E-state index contributed by atoms with van der Waals surface area (Å²) >= 11 is 6.58. The number of hydrogen-bond donors (Lipinski definition) is 1. The molecule has 2 aliphatic heterocycles. The zero-order valence-electron chi connectivity index (χ0n) is 19.6. The van der Waals surface area contributed by atoms with E-state index < -0.39 is 0 Å². The number of pyridine rings is 1. The van der Waals surface area contributed by atoms with Crippen LogP contribution in [0, 0.1) is 0 Å². The maximum Gasteiger partial charge on any atom is 0.338 e. The Morgan fingerprint density at radius 2 is 1.78 bits per heavy atom. The minimum atomic E-state index is -0.324. The molecule has 0 amide bonds. The fourth-order valence-corrected chi connectivity index (χ4v) is 4.92. The Hall–Kier alpha value is -3.46. The van der Waals surface area contributed by atoms with Crippen LogP contribution in [-0.2, 0) is 14.2 Å². The van der Waals surface area contributed by atoms with Gasteiger partial charge in [-0.1, -0.05) is 48.0 Å². The predicted molar refractivity (Wildman–Crippen MR) is 134 cm³/mol. The van der Waals surface area contributed by atoms with Gasteiger partial charge in [-0.2, -0.15) is 4.98 Å². The van der Waals surface area contributed by atoms with Crippen molar-refractivity contribution >= 4 is 28.7 Å². The number of aromatic nitrogens is 3. The number of benzene rings is 2. The average molecular weight is 506 g/mol.